The van der Waals surface area contributed by atoms with Gasteiger partial charge in [0, 0.05) is 43.3 Å². The SMILES string of the molecule is COc1cc(C(=O)N2CCN(c3ccccc3OC)CC2)ccc1NS(=O)(=O)c1cccc2cccnc12. The summed E-state index contributed by atoms with van der Waals surface area (Å²) in [6.07, 6.45) is 1.55. The third-order valence-electron chi connectivity index (χ3n) is 6.57. The largest absolute Gasteiger partial charge is 0.495 e. The molecule has 1 saturated heterocycles. The molecule has 10 heteroatoms. The number of anilines is 2. The maximum absolute atomic E-state index is 13.3. The summed E-state index contributed by atoms with van der Waals surface area (Å²) in [5.74, 6) is 0.908. The van der Waals surface area contributed by atoms with Crippen LogP contribution in [0.25, 0.3) is 10.9 Å². The summed E-state index contributed by atoms with van der Waals surface area (Å²) < 4.78 is 40.0. The highest BCUT2D eigenvalue weighted by atomic mass is 32.2. The molecular formula is C28H28N4O5S. The van der Waals surface area contributed by atoms with Crippen molar-refractivity contribution in [2.75, 3.05) is 50.0 Å². The Morgan fingerprint density at radius 1 is 0.868 bits per heavy atom. The average Bonchev–Trinajstić information content (AvgIpc) is 2.96. The zero-order valence-electron chi connectivity index (χ0n) is 21.1. The molecule has 196 valence electrons. The lowest BCUT2D eigenvalue weighted by molar-refractivity contribution is 0.0746. The molecule has 1 aliphatic rings. The fourth-order valence-corrected chi connectivity index (χ4v) is 5.88. The Hall–Kier alpha value is -4.31. The second kappa shape index (κ2) is 10.6. The zero-order valence-corrected chi connectivity index (χ0v) is 21.9. The minimum atomic E-state index is -3.97. The highest BCUT2D eigenvalue weighted by molar-refractivity contribution is 7.93. The number of ether oxygens (including phenoxy) is 2. The quantitative estimate of drug-likeness (QED) is 0.384. The summed E-state index contributed by atoms with van der Waals surface area (Å²) in [4.78, 5) is 21.6. The molecule has 1 aromatic heterocycles. The molecule has 5 rings (SSSR count). The van der Waals surface area contributed by atoms with Gasteiger partial charge in [-0.2, -0.15) is 0 Å². The molecule has 4 aromatic rings. The van der Waals surface area contributed by atoms with E-state index in [1.165, 1.54) is 13.2 Å². The fraction of sp³-hybridized carbons (Fsp3) is 0.214. The van der Waals surface area contributed by atoms with Gasteiger partial charge >= 0.3 is 0 Å². The number of piperazine rings is 1. The second-order valence-corrected chi connectivity index (χ2v) is 10.5. The van der Waals surface area contributed by atoms with E-state index in [1.54, 1.807) is 60.7 Å². The first-order chi connectivity index (χ1) is 18.4. The van der Waals surface area contributed by atoms with Crippen LogP contribution in [0.2, 0.25) is 0 Å². The Bertz CT molecular complexity index is 1580. The van der Waals surface area contributed by atoms with Crippen LogP contribution in [-0.4, -0.2) is 64.6 Å². The number of nitrogens with zero attached hydrogens (tertiary/aromatic N) is 3. The smallest absolute Gasteiger partial charge is 0.264 e. The molecule has 2 heterocycles. The Morgan fingerprint density at radius 3 is 2.37 bits per heavy atom. The van der Waals surface area contributed by atoms with Gasteiger partial charge in [0.25, 0.3) is 15.9 Å². The molecule has 0 atom stereocenters. The maximum Gasteiger partial charge on any atom is 0.264 e. The standard InChI is InChI=1S/C28H28N4O5S/c1-36-24-10-4-3-9-23(24)31-15-17-32(18-16-31)28(33)21-12-13-22(25(19-21)37-2)30-38(34,35)26-11-5-7-20-8-6-14-29-27(20)26/h3-14,19,30H,15-18H2,1-2H3. The second-order valence-electron chi connectivity index (χ2n) is 8.80. The number of aromatic nitrogens is 1. The van der Waals surface area contributed by atoms with Crippen molar-refractivity contribution in [1.29, 1.82) is 0 Å². The van der Waals surface area contributed by atoms with Crippen LogP contribution in [0.5, 0.6) is 11.5 Å². The van der Waals surface area contributed by atoms with Crippen molar-refractivity contribution >= 4 is 38.2 Å². The van der Waals surface area contributed by atoms with Crippen molar-refractivity contribution in [1.82, 2.24) is 9.88 Å². The van der Waals surface area contributed by atoms with Crippen molar-refractivity contribution in [2.24, 2.45) is 0 Å². The topological polar surface area (TPSA) is 101 Å². The molecule has 1 N–H and O–H groups in total. The van der Waals surface area contributed by atoms with Gasteiger partial charge in [-0.15, -0.1) is 0 Å². The summed E-state index contributed by atoms with van der Waals surface area (Å²) in [5, 5.41) is 0.717. The van der Waals surface area contributed by atoms with Gasteiger partial charge in [0.2, 0.25) is 0 Å². The van der Waals surface area contributed by atoms with E-state index in [1.807, 2.05) is 24.3 Å². The van der Waals surface area contributed by atoms with Crippen LogP contribution in [0.15, 0.2) is 83.9 Å². The van der Waals surface area contributed by atoms with Crippen LogP contribution < -0.4 is 19.1 Å². The normalized spacial score (nSPS) is 13.8. The lowest BCUT2D eigenvalue weighted by Crippen LogP contribution is -2.48. The molecule has 0 unspecified atom stereocenters. The molecule has 1 fully saturated rings. The van der Waals surface area contributed by atoms with Gasteiger partial charge in [-0.3, -0.25) is 14.5 Å². The summed E-state index contributed by atoms with van der Waals surface area (Å²) in [7, 11) is -0.883. The van der Waals surface area contributed by atoms with Gasteiger partial charge in [0.1, 0.15) is 16.4 Å². The number of hydrogen-bond acceptors (Lipinski definition) is 7. The first-order valence-corrected chi connectivity index (χ1v) is 13.6. The number of rotatable bonds is 7. The molecule has 1 aliphatic heterocycles. The fourth-order valence-electron chi connectivity index (χ4n) is 4.63. The summed E-state index contributed by atoms with van der Waals surface area (Å²) >= 11 is 0. The van der Waals surface area contributed by atoms with Gasteiger partial charge in [0.05, 0.1) is 31.1 Å². The maximum atomic E-state index is 13.3. The van der Waals surface area contributed by atoms with Crippen LogP contribution in [0.3, 0.4) is 0 Å². The van der Waals surface area contributed by atoms with E-state index in [2.05, 4.69) is 14.6 Å². The monoisotopic (exact) mass is 532 g/mol. The number of hydrogen-bond donors (Lipinski definition) is 1. The summed E-state index contributed by atoms with van der Waals surface area (Å²) in [5.41, 5.74) is 2.03. The van der Waals surface area contributed by atoms with Crippen molar-refractivity contribution in [2.45, 2.75) is 4.90 Å². The number of para-hydroxylation sites is 3. The van der Waals surface area contributed by atoms with Crippen LogP contribution >= 0.6 is 0 Å². The van der Waals surface area contributed by atoms with Gasteiger partial charge < -0.3 is 19.3 Å². The first-order valence-electron chi connectivity index (χ1n) is 12.1. The molecule has 9 nitrogen and oxygen atoms in total. The third-order valence-corrected chi connectivity index (χ3v) is 7.97. The number of amides is 1. The Labute approximate surface area is 221 Å². The van der Waals surface area contributed by atoms with Crippen LogP contribution in [0.4, 0.5) is 11.4 Å². The van der Waals surface area contributed by atoms with Crippen molar-refractivity contribution in [3.8, 4) is 11.5 Å². The summed E-state index contributed by atoms with van der Waals surface area (Å²) in [6.45, 7) is 2.42. The molecule has 0 saturated carbocycles. The third kappa shape index (κ3) is 4.95. The van der Waals surface area contributed by atoms with Crippen molar-refractivity contribution in [3.63, 3.8) is 0 Å². The molecule has 3 aromatic carbocycles. The number of pyridine rings is 1. The van der Waals surface area contributed by atoms with E-state index >= 15 is 0 Å². The van der Waals surface area contributed by atoms with Gasteiger partial charge in [-0.1, -0.05) is 30.3 Å². The number of carbonyl (C=O) groups excluding carboxylic acids is 1. The Kier molecular flexibility index (Phi) is 7.06. The van der Waals surface area contributed by atoms with Crippen molar-refractivity contribution in [3.05, 3.63) is 84.6 Å². The van der Waals surface area contributed by atoms with E-state index in [0.717, 1.165) is 11.4 Å². The Morgan fingerprint density at radius 2 is 1.61 bits per heavy atom. The lowest BCUT2D eigenvalue weighted by Gasteiger charge is -2.36. The minimum absolute atomic E-state index is 0.0609. The molecule has 0 spiro atoms. The van der Waals surface area contributed by atoms with Crippen LogP contribution in [-0.2, 0) is 10.0 Å². The molecule has 38 heavy (non-hydrogen) atoms. The number of benzene rings is 3. The molecule has 1 amide bonds. The van der Waals surface area contributed by atoms with Gasteiger partial charge in [0.15, 0.2) is 0 Å². The van der Waals surface area contributed by atoms with Crippen LogP contribution in [0.1, 0.15) is 10.4 Å². The number of fused-ring (bicyclic) bond motifs is 1. The number of carbonyl (C=O) groups is 1. The predicted octanol–water partition coefficient (Wildman–Crippen LogP) is 4.02. The van der Waals surface area contributed by atoms with Gasteiger partial charge in [-0.25, -0.2) is 8.42 Å². The van der Waals surface area contributed by atoms with E-state index in [9.17, 15) is 13.2 Å². The molecule has 0 aliphatic carbocycles. The highest BCUT2D eigenvalue weighted by Gasteiger charge is 2.25. The van der Waals surface area contributed by atoms with E-state index in [-0.39, 0.29) is 22.2 Å². The Balaban J connectivity index is 1.32. The number of nitrogens with one attached hydrogen (secondary N) is 1. The minimum Gasteiger partial charge on any atom is -0.495 e. The molecule has 0 radical (unpaired) electrons. The van der Waals surface area contributed by atoms with Crippen molar-refractivity contribution < 1.29 is 22.7 Å². The lowest BCUT2D eigenvalue weighted by atomic mass is 10.1. The average molecular weight is 533 g/mol. The van der Waals surface area contributed by atoms with Gasteiger partial charge in [-0.05, 0) is 42.5 Å². The first kappa shape index (κ1) is 25.3. The highest BCUT2D eigenvalue weighted by Crippen LogP contribution is 2.31. The summed E-state index contributed by atoms with van der Waals surface area (Å²) in [6, 6.07) is 21.1. The van der Waals surface area contributed by atoms with E-state index in [0.29, 0.717) is 42.6 Å². The van der Waals surface area contributed by atoms with Crippen LogP contribution in [0, 0.1) is 0 Å². The number of methoxy groups -OCH3 is 2. The molecular weight excluding hydrogens is 504 g/mol. The zero-order chi connectivity index (χ0) is 26.7. The van der Waals surface area contributed by atoms with E-state index < -0.39 is 10.0 Å². The predicted molar refractivity (Wildman–Crippen MR) is 147 cm³/mol. The number of sulfonamides is 1. The van der Waals surface area contributed by atoms with E-state index in [4.69, 9.17) is 9.47 Å². The molecule has 0 bridgehead atoms.